The molecule has 0 aliphatic heterocycles. The Morgan fingerprint density at radius 2 is 2.50 bits per heavy atom. The average Bonchev–Trinajstić information content (AvgIpc) is 2.59. The summed E-state index contributed by atoms with van der Waals surface area (Å²) < 4.78 is 4.64. The van der Waals surface area contributed by atoms with Gasteiger partial charge in [0.1, 0.15) is 17.7 Å². The summed E-state index contributed by atoms with van der Waals surface area (Å²) in [6, 6.07) is 1.77. The molecule has 0 atom stereocenters. The Morgan fingerprint density at radius 1 is 1.50 bits per heavy atom. The normalized spacial score (nSPS) is 10.0. The SMILES string of the molecule is [c]1nc(-c2ccon2)cs1. The molecule has 0 saturated heterocycles. The maximum absolute atomic E-state index is 4.64. The van der Waals surface area contributed by atoms with E-state index in [4.69, 9.17) is 0 Å². The second-order valence-corrected chi connectivity index (χ2v) is 2.36. The molecule has 0 saturated carbocycles. The Hall–Kier alpha value is -1.16. The standard InChI is InChI=1S/C6H3N2OS/c1-2-9-8-5(1)6-3-10-4-7-6/h1-3H. The third-order valence-electron chi connectivity index (χ3n) is 1.09. The van der Waals surface area contributed by atoms with Gasteiger partial charge in [-0.25, -0.2) is 4.98 Å². The van der Waals surface area contributed by atoms with E-state index in [0.717, 1.165) is 11.4 Å². The monoisotopic (exact) mass is 151 g/mol. The largest absolute Gasteiger partial charge is 0.364 e. The molecule has 2 aromatic heterocycles. The summed E-state index contributed by atoms with van der Waals surface area (Å²) in [6.45, 7) is 0. The van der Waals surface area contributed by atoms with Gasteiger partial charge in [-0.3, -0.25) is 0 Å². The number of hydrogen-bond donors (Lipinski definition) is 0. The smallest absolute Gasteiger partial charge is 0.152 e. The first-order chi connectivity index (χ1) is 4.97. The van der Waals surface area contributed by atoms with Gasteiger partial charge in [-0.2, -0.15) is 0 Å². The van der Waals surface area contributed by atoms with E-state index in [9.17, 15) is 0 Å². The molecular weight excluding hydrogens is 148 g/mol. The minimum atomic E-state index is 0.762. The van der Waals surface area contributed by atoms with Crippen molar-refractivity contribution in [3.63, 3.8) is 0 Å². The maximum Gasteiger partial charge on any atom is 0.152 e. The Morgan fingerprint density at radius 3 is 3.10 bits per heavy atom. The van der Waals surface area contributed by atoms with Crippen LogP contribution in [0.2, 0.25) is 0 Å². The molecular formula is C6H3N2OS. The highest BCUT2D eigenvalue weighted by molar-refractivity contribution is 7.07. The molecule has 0 N–H and O–H groups in total. The summed E-state index contributed by atoms with van der Waals surface area (Å²) in [6.07, 6.45) is 1.52. The molecule has 3 nitrogen and oxygen atoms in total. The zero-order chi connectivity index (χ0) is 6.81. The van der Waals surface area contributed by atoms with Crippen LogP contribution in [-0.4, -0.2) is 10.1 Å². The molecule has 0 fully saturated rings. The van der Waals surface area contributed by atoms with Crippen LogP contribution < -0.4 is 0 Å². The molecule has 4 heteroatoms. The number of rotatable bonds is 1. The first-order valence-corrected chi connectivity index (χ1v) is 3.57. The fourth-order valence-corrected chi connectivity index (χ4v) is 1.14. The van der Waals surface area contributed by atoms with Crippen molar-refractivity contribution in [3.8, 4) is 11.4 Å². The van der Waals surface area contributed by atoms with Gasteiger partial charge in [0.25, 0.3) is 0 Å². The van der Waals surface area contributed by atoms with Crippen LogP contribution in [0.5, 0.6) is 0 Å². The van der Waals surface area contributed by atoms with Crippen molar-refractivity contribution in [1.82, 2.24) is 10.1 Å². The van der Waals surface area contributed by atoms with Crippen molar-refractivity contribution in [3.05, 3.63) is 23.2 Å². The van der Waals surface area contributed by atoms with Crippen molar-refractivity contribution in [2.24, 2.45) is 0 Å². The van der Waals surface area contributed by atoms with E-state index in [2.05, 4.69) is 20.2 Å². The van der Waals surface area contributed by atoms with Gasteiger partial charge in [0.15, 0.2) is 5.51 Å². The lowest BCUT2D eigenvalue weighted by atomic mass is 10.3. The van der Waals surface area contributed by atoms with Crippen LogP contribution in [0.1, 0.15) is 0 Å². The van der Waals surface area contributed by atoms with Crippen LogP contribution in [0.3, 0.4) is 0 Å². The van der Waals surface area contributed by atoms with Crippen molar-refractivity contribution < 1.29 is 4.52 Å². The molecule has 0 aliphatic rings. The number of hydrogen-bond acceptors (Lipinski definition) is 4. The fraction of sp³-hybridized carbons (Fsp3) is 0. The summed E-state index contributed by atoms with van der Waals surface area (Å²) in [5.74, 6) is 0. The lowest BCUT2D eigenvalue weighted by Gasteiger charge is -1.80. The van der Waals surface area contributed by atoms with Gasteiger partial charge in [0.2, 0.25) is 0 Å². The van der Waals surface area contributed by atoms with E-state index in [0.29, 0.717) is 0 Å². The van der Waals surface area contributed by atoms with Crippen molar-refractivity contribution in [2.45, 2.75) is 0 Å². The minimum Gasteiger partial charge on any atom is -0.364 e. The lowest BCUT2D eigenvalue weighted by Crippen LogP contribution is -1.73. The molecule has 0 amide bonds. The summed E-state index contributed by atoms with van der Waals surface area (Å²) >= 11 is 1.42. The maximum atomic E-state index is 4.64. The van der Waals surface area contributed by atoms with E-state index >= 15 is 0 Å². The summed E-state index contributed by atoms with van der Waals surface area (Å²) in [5, 5.41) is 5.58. The number of nitrogens with zero attached hydrogens (tertiary/aromatic N) is 2. The van der Waals surface area contributed by atoms with E-state index in [-0.39, 0.29) is 0 Å². The topological polar surface area (TPSA) is 38.9 Å². The molecule has 0 unspecified atom stereocenters. The highest BCUT2D eigenvalue weighted by Crippen LogP contribution is 2.14. The summed E-state index contributed by atoms with van der Waals surface area (Å²) in [4.78, 5) is 3.93. The van der Waals surface area contributed by atoms with Gasteiger partial charge < -0.3 is 4.52 Å². The van der Waals surface area contributed by atoms with Gasteiger partial charge in [-0.1, -0.05) is 5.16 Å². The molecule has 0 aromatic carbocycles. The molecule has 0 aliphatic carbocycles. The van der Waals surface area contributed by atoms with E-state index < -0.39 is 0 Å². The lowest BCUT2D eigenvalue weighted by molar-refractivity contribution is 0.422. The predicted molar refractivity (Wildman–Crippen MR) is 36.4 cm³/mol. The zero-order valence-electron chi connectivity index (χ0n) is 4.94. The highest BCUT2D eigenvalue weighted by atomic mass is 32.1. The van der Waals surface area contributed by atoms with Crippen LogP contribution in [0.15, 0.2) is 22.2 Å². The van der Waals surface area contributed by atoms with Crippen molar-refractivity contribution in [1.29, 1.82) is 0 Å². The number of aromatic nitrogens is 2. The molecule has 2 heterocycles. The third kappa shape index (κ3) is 0.823. The van der Waals surface area contributed by atoms with Gasteiger partial charge in [0, 0.05) is 11.4 Å². The summed E-state index contributed by atoms with van der Waals surface area (Å²) in [5.41, 5.74) is 4.31. The fourth-order valence-electron chi connectivity index (χ4n) is 0.646. The second-order valence-electron chi connectivity index (χ2n) is 1.71. The van der Waals surface area contributed by atoms with E-state index in [1.54, 1.807) is 6.07 Å². The molecule has 49 valence electrons. The van der Waals surface area contributed by atoms with Gasteiger partial charge >= 0.3 is 0 Å². The molecule has 0 bridgehead atoms. The van der Waals surface area contributed by atoms with Crippen molar-refractivity contribution >= 4 is 11.3 Å². The Bertz CT molecular complexity index is 255. The van der Waals surface area contributed by atoms with E-state index in [1.807, 2.05) is 5.38 Å². The zero-order valence-corrected chi connectivity index (χ0v) is 5.76. The van der Waals surface area contributed by atoms with Crippen LogP contribution in [0, 0.1) is 5.51 Å². The van der Waals surface area contributed by atoms with Crippen LogP contribution in [0.25, 0.3) is 11.4 Å². The average molecular weight is 151 g/mol. The highest BCUT2D eigenvalue weighted by Gasteiger charge is 2.00. The molecule has 0 spiro atoms. The quantitative estimate of drug-likeness (QED) is 0.621. The molecule has 2 aromatic rings. The Balaban J connectivity index is 2.48. The number of thiazole rings is 1. The first kappa shape index (κ1) is 5.61. The van der Waals surface area contributed by atoms with Gasteiger partial charge in [0.05, 0.1) is 0 Å². The van der Waals surface area contributed by atoms with Crippen LogP contribution in [-0.2, 0) is 0 Å². The second kappa shape index (κ2) is 2.22. The Kier molecular flexibility index (Phi) is 1.25. The van der Waals surface area contributed by atoms with Gasteiger partial charge in [-0.05, 0) is 0 Å². The first-order valence-electron chi connectivity index (χ1n) is 2.69. The molecule has 2 rings (SSSR count). The van der Waals surface area contributed by atoms with Crippen LogP contribution in [0.4, 0.5) is 0 Å². The van der Waals surface area contributed by atoms with Crippen molar-refractivity contribution in [2.75, 3.05) is 0 Å². The minimum absolute atomic E-state index is 0.762. The van der Waals surface area contributed by atoms with Gasteiger partial charge in [-0.15, -0.1) is 11.3 Å². The Labute approximate surface area is 61.3 Å². The summed E-state index contributed by atoms with van der Waals surface area (Å²) in [7, 11) is 0. The van der Waals surface area contributed by atoms with Crippen LogP contribution >= 0.6 is 11.3 Å². The molecule has 1 radical (unpaired) electrons. The third-order valence-corrected chi connectivity index (χ3v) is 1.63. The van der Waals surface area contributed by atoms with E-state index in [1.165, 1.54) is 17.6 Å². The molecule has 10 heavy (non-hydrogen) atoms. The predicted octanol–water partition coefficient (Wildman–Crippen LogP) is 1.60.